The van der Waals surface area contributed by atoms with Crippen LogP contribution in [-0.2, 0) is 4.79 Å². The molecule has 0 saturated heterocycles. The lowest BCUT2D eigenvalue weighted by atomic mass is 10.3. The molecule has 0 bridgehead atoms. The summed E-state index contributed by atoms with van der Waals surface area (Å²) in [4.78, 5) is 22.8. The van der Waals surface area contributed by atoms with E-state index in [9.17, 15) is 9.59 Å². The zero-order valence-corrected chi connectivity index (χ0v) is 12.0. The molecule has 0 fully saturated rings. The predicted octanol–water partition coefficient (Wildman–Crippen LogP) is 2.61. The number of nitrogens with one attached hydrogen (secondary N) is 2. The van der Waals surface area contributed by atoms with Crippen LogP contribution >= 0.6 is 23.2 Å². The number of hydrogen-bond acceptors (Lipinski definition) is 3. The SMILES string of the molecule is CCNC(=O)NC(=O)C(C)Oc1ccc(Cl)cc1Cl. The Labute approximate surface area is 121 Å². The van der Waals surface area contributed by atoms with Crippen molar-refractivity contribution in [2.75, 3.05) is 6.54 Å². The molecule has 0 saturated carbocycles. The summed E-state index contributed by atoms with van der Waals surface area (Å²) >= 11 is 11.7. The van der Waals surface area contributed by atoms with Crippen molar-refractivity contribution in [3.05, 3.63) is 28.2 Å². The van der Waals surface area contributed by atoms with Crippen LogP contribution in [0, 0.1) is 0 Å². The number of carbonyl (C=O) groups is 2. The van der Waals surface area contributed by atoms with E-state index in [0.717, 1.165) is 0 Å². The molecule has 0 aliphatic rings. The predicted molar refractivity (Wildman–Crippen MR) is 73.8 cm³/mol. The van der Waals surface area contributed by atoms with Crippen LogP contribution in [0.1, 0.15) is 13.8 Å². The third-order valence-electron chi connectivity index (χ3n) is 2.14. The second kappa shape index (κ2) is 7.21. The number of amides is 3. The Morgan fingerprint density at radius 3 is 2.63 bits per heavy atom. The van der Waals surface area contributed by atoms with Crippen LogP contribution < -0.4 is 15.4 Å². The normalized spacial score (nSPS) is 11.6. The molecule has 1 rings (SSSR count). The van der Waals surface area contributed by atoms with E-state index in [1.165, 1.54) is 13.0 Å². The molecule has 0 aliphatic heterocycles. The van der Waals surface area contributed by atoms with Crippen LogP contribution in [0.25, 0.3) is 0 Å². The highest BCUT2D eigenvalue weighted by molar-refractivity contribution is 6.35. The molecule has 5 nitrogen and oxygen atoms in total. The molecule has 1 aromatic rings. The maximum absolute atomic E-state index is 11.6. The average molecular weight is 305 g/mol. The summed E-state index contributed by atoms with van der Waals surface area (Å²) in [6.07, 6.45) is -0.860. The Morgan fingerprint density at radius 2 is 2.05 bits per heavy atom. The van der Waals surface area contributed by atoms with Crippen LogP contribution in [-0.4, -0.2) is 24.6 Å². The standard InChI is InChI=1S/C12H14Cl2N2O3/c1-3-15-12(18)16-11(17)7(2)19-10-5-4-8(13)6-9(10)14/h4-7H,3H2,1-2H3,(H2,15,16,17,18). The number of hydrogen-bond donors (Lipinski definition) is 2. The van der Waals surface area contributed by atoms with E-state index in [1.54, 1.807) is 19.1 Å². The number of carbonyl (C=O) groups excluding carboxylic acids is 2. The van der Waals surface area contributed by atoms with E-state index in [1.807, 2.05) is 0 Å². The fraction of sp³-hybridized carbons (Fsp3) is 0.333. The minimum absolute atomic E-state index is 0.296. The molecule has 2 N–H and O–H groups in total. The summed E-state index contributed by atoms with van der Waals surface area (Å²) < 4.78 is 5.36. The summed E-state index contributed by atoms with van der Waals surface area (Å²) in [6.45, 7) is 3.69. The van der Waals surface area contributed by atoms with Gasteiger partial charge in [-0.05, 0) is 32.0 Å². The first-order valence-electron chi connectivity index (χ1n) is 5.64. The van der Waals surface area contributed by atoms with Gasteiger partial charge in [0.15, 0.2) is 6.10 Å². The smallest absolute Gasteiger partial charge is 0.321 e. The van der Waals surface area contributed by atoms with Gasteiger partial charge in [-0.3, -0.25) is 10.1 Å². The minimum Gasteiger partial charge on any atom is -0.479 e. The fourth-order valence-electron chi connectivity index (χ4n) is 1.23. The van der Waals surface area contributed by atoms with Crippen molar-refractivity contribution in [3.8, 4) is 5.75 Å². The van der Waals surface area contributed by atoms with Gasteiger partial charge in [-0.15, -0.1) is 0 Å². The van der Waals surface area contributed by atoms with Crippen molar-refractivity contribution in [2.24, 2.45) is 0 Å². The van der Waals surface area contributed by atoms with Gasteiger partial charge < -0.3 is 10.1 Å². The molecular weight excluding hydrogens is 291 g/mol. The third kappa shape index (κ3) is 4.96. The van der Waals surface area contributed by atoms with Crippen molar-refractivity contribution in [1.82, 2.24) is 10.6 Å². The van der Waals surface area contributed by atoms with Gasteiger partial charge in [0.1, 0.15) is 5.75 Å². The number of ether oxygens (including phenoxy) is 1. The minimum atomic E-state index is -0.860. The van der Waals surface area contributed by atoms with E-state index >= 15 is 0 Å². The number of halogens is 2. The van der Waals surface area contributed by atoms with Gasteiger partial charge in [0.25, 0.3) is 5.91 Å². The molecule has 0 heterocycles. The Morgan fingerprint density at radius 1 is 1.37 bits per heavy atom. The van der Waals surface area contributed by atoms with Crippen LogP contribution in [0.4, 0.5) is 4.79 Å². The third-order valence-corrected chi connectivity index (χ3v) is 2.67. The number of benzene rings is 1. The first-order valence-corrected chi connectivity index (χ1v) is 6.40. The summed E-state index contributed by atoms with van der Waals surface area (Å²) in [5.74, 6) is -0.235. The van der Waals surface area contributed by atoms with Gasteiger partial charge in [-0.1, -0.05) is 23.2 Å². The lowest BCUT2D eigenvalue weighted by Crippen LogP contribution is -2.45. The lowest BCUT2D eigenvalue weighted by molar-refractivity contribution is -0.126. The Balaban J connectivity index is 2.61. The quantitative estimate of drug-likeness (QED) is 0.898. The molecule has 0 aliphatic carbocycles. The molecule has 1 aromatic carbocycles. The molecular formula is C12H14Cl2N2O3. The summed E-state index contributed by atoms with van der Waals surface area (Å²) in [5.41, 5.74) is 0. The summed E-state index contributed by atoms with van der Waals surface area (Å²) in [5, 5.41) is 5.36. The monoisotopic (exact) mass is 304 g/mol. The first-order chi connectivity index (χ1) is 8.93. The molecule has 0 radical (unpaired) electrons. The van der Waals surface area contributed by atoms with Crippen molar-refractivity contribution in [3.63, 3.8) is 0 Å². The second-order valence-corrected chi connectivity index (χ2v) is 4.53. The molecule has 1 unspecified atom stereocenters. The topological polar surface area (TPSA) is 67.4 Å². The molecule has 104 valence electrons. The van der Waals surface area contributed by atoms with E-state index < -0.39 is 18.0 Å². The average Bonchev–Trinajstić information content (AvgIpc) is 2.32. The summed E-state index contributed by atoms with van der Waals surface area (Å²) in [7, 11) is 0. The number of imide groups is 1. The number of rotatable bonds is 4. The van der Waals surface area contributed by atoms with E-state index in [0.29, 0.717) is 22.3 Å². The van der Waals surface area contributed by atoms with E-state index in [4.69, 9.17) is 27.9 Å². The fourth-order valence-corrected chi connectivity index (χ4v) is 1.69. The van der Waals surface area contributed by atoms with Gasteiger partial charge in [0.2, 0.25) is 0 Å². The van der Waals surface area contributed by atoms with Crippen LogP contribution in [0.5, 0.6) is 5.75 Å². The highest BCUT2D eigenvalue weighted by Crippen LogP contribution is 2.28. The summed E-state index contributed by atoms with van der Waals surface area (Å²) in [6, 6.07) is 4.09. The maximum atomic E-state index is 11.6. The maximum Gasteiger partial charge on any atom is 0.321 e. The molecule has 0 spiro atoms. The zero-order valence-electron chi connectivity index (χ0n) is 10.5. The van der Waals surface area contributed by atoms with Gasteiger partial charge in [-0.25, -0.2) is 4.79 Å². The van der Waals surface area contributed by atoms with Gasteiger partial charge >= 0.3 is 6.03 Å². The molecule has 0 aromatic heterocycles. The Bertz CT molecular complexity index is 480. The van der Waals surface area contributed by atoms with Crippen molar-refractivity contribution in [1.29, 1.82) is 0 Å². The van der Waals surface area contributed by atoms with Crippen molar-refractivity contribution in [2.45, 2.75) is 20.0 Å². The van der Waals surface area contributed by atoms with Gasteiger partial charge in [0, 0.05) is 11.6 Å². The van der Waals surface area contributed by atoms with Gasteiger partial charge in [-0.2, -0.15) is 0 Å². The highest BCUT2D eigenvalue weighted by Gasteiger charge is 2.18. The zero-order chi connectivity index (χ0) is 14.4. The second-order valence-electron chi connectivity index (χ2n) is 3.68. The molecule has 3 amide bonds. The van der Waals surface area contributed by atoms with Crippen LogP contribution in [0.2, 0.25) is 10.0 Å². The lowest BCUT2D eigenvalue weighted by Gasteiger charge is -2.15. The molecule has 1 atom stereocenters. The van der Waals surface area contributed by atoms with Crippen molar-refractivity contribution >= 4 is 35.1 Å². The van der Waals surface area contributed by atoms with Gasteiger partial charge in [0.05, 0.1) is 5.02 Å². The molecule has 7 heteroatoms. The van der Waals surface area contributed by atoms with Crippen molar-refractivity contribution < 1.29 is 14.3 Å². The van der Waals surface area contributed by atoms with E-state index in [2.05, 4.69) is 10.6 Å². The van der Waals surface area contributed by atoms with Crippen LogP contribution in [0.15, 0.2) is 18.2 Å². The Kier molecular flexibility index (Phi) is 5.92. The number of urea groups is 1. The Hall–Kier alpha value is -1.46. The first kappa shape index (κ1) is 15.6. The largest absolute Gasteiger partial charge is 0.479 e. The molecule has 19 heavy (non-hydrogen) atoms. The van der Waals surface area contributed by atoms with E-state index in [-0.39, 0.29) is 0 Å². The van der Waals surface area contributed by atoms with Crippen LogP contribution in [0.3, 0.4) is 0 Å². The highest BCUT2D eigenvalue weighted by atomic mass is 35.5.